The Morgan fingerprint density at radius 2 is 2.12 bits per heavy atom. The normalized spacial score (nSPS) is 10.0. The van der Waals surface area contributed by atoms with Crippen LogP contribution in [-0.2, 0) is 4.79 Å². The SMILES string of the molecule is CC(=O)SCN(C)C. The summed E-state index contributed by atoms with van der Waals surface area (Å²) >= 11 is 1.33. The Labute approximate surface area is 54.2 Å². The van der Waals surface area contributed by atoms with Crippen LogP contribution in [0.1, 0.15) is 6.92 Å². The van der Waals surface area contributed by atoms with Crippen molar-refractivity contribution in [1.29, 1.82) is 0 Å². The summed E-state index contributed by atoms with van der Waals surface area (Å²) in [5, 5.41) is 0.179. The molecule has 8 heavy (non-hydrogen) atoms. The largest absolute Gasteiger partial charge is 0.300 e. The van der Waals surface area contributed by atoms with Crippen molar-refractivity contribution >= 4 is 16.9 Å². The smallest absolute Gasteiger partial charge is 0.187 e. The van der Waals surface area contributed by atoms with E-state index in [1.165, 1.54) is 11.8 Å². The quantitative estimate of drug-likeness (QED) is 0.519. The molecular weight excluding hydrogens is 122 g/mol. The second-order valence-corrected chi connectivity index (χ2v) is 2.97. The minimum absolute atomic E-state index is 0.179. The molecule has 0 atom stereocenters. The minimum atomic E-state index is 0.179. The third-order valence-electron chi connectivity index (χ3n) is 0.526. The molecule has 0 saturated carbocycles. The lowest BCUT2D eigenvalue weighted by molar-refractivity contribution is -0.109. The van der Waals surface area contributed by atoms with Crippen molar-refractivity contribution in [1.82, 2.24) is 4.90 Å². The van der Waals surface area contributed by atoms with Gasteiger partial charge in [-0.15, -0.1) is 0 Å². The molecule has 0 rings (SSSR count). The number of carbonyl (C=O) groups is 1. The lowest BCUT2D eigenvalue weighted by Crippen LogP contribution is -2.10. The van der Waals surface area contributed by atoms with Crippen molar-refractivity contribution in [2.45, 2.75) is 6.92 Å². The number of hydrogen-bond acceptors (Lipinski definition) is 3. The van der Waals surface area contributed by atoms with Gasteiger partial charge in [-0.05, 0) is 14.1 Å². The van der Waals surface area contributed by atoms with Crippen LogP contribution in [0.15, 0.2) is 0 Å². The summed E-state index contributed by atoms with van der Waals surface area (Å²) in [5.41, 5.74) is 0. The molecule has 0 aromatic heterocycles. The minimum Gasteiger partial charge on any atom is -0.300 e. The van der Waals surface area contributed by atoms with Crippen molar-refractivity contribution < 1.29 is 4.79 Å². The van der Waals surface area contributed by atoms with E-state index in [9.17, 15) is 4.79 Å². The average molecular weight is 133 g/mol. The lowest BCUT2D eigenvalue weighted by atomic mass is 10.9. The van der Waals surface area contributed by atoms with Crippen LogP contribution in [0.25, 0.3) is 0 Å². The molecule has 48 valence electrons. The zero-order chi connectivity index (χ0) is 6.57. The molecular formula is C5H11NOS. The first-order chi connectivity index (χ1) is 3.63. The van der Waals surface area contributed by atoms with Crippen LogP contribution < -0.4 is 0 Å². The van der Waals surface area contributed by atoms with Gasteiger partial charge in [-0.2, -0.15) is 0 Å². The molecule has 0 fully saturated rings. The monoisotopic (exact) mass is 133 g/mol. The molecule has 0 spiro atoms. The molecule has 0 bridgehead atoms. The first-order valence-electron chi connectivity index (χ1n) is 2.41. The van der Waals surface area contributed by atoms with Gasteiger partial charge in [0, 0.05) is 6.92 Å². The molecule has 0 unspecified atom stereocenters. The topological polar surface area (TPSA) is 20.3 Å². The van der Waals surface area contributed by atoms with Crippen LogP contribution in [0.4, 0.5) is 0 Å². The number of nitrogens with zero attached hydrogens (tertiary/aromatic N) is 1. The zero-order valence-electron chi connectivity index (χ0n) is 5.47. The molecule has 0 radical (unpaired) electrons. The van der Waals surface area contributed by atoms with Crippen molar-refractivity contribution in [2.75, 3.05) is 20.0 Å². The van der Waals surface area contributed by atoms with E-state index < -0.39 is 0 Å². The summed E-state index contributed by atoms with van der Waals surface area (Å²) in [6.45, 7) is 1.58. The van der Waals surface area contributed by atoms with Gasteiger partial charge >= 0.3 is 0 Å². The van der Waals surface area contributed by atoms with Crippen LogP contribution in [0.3, 0.4) is 0 Å². The Kier molecular flexibility index (Phi) is 3.91. The van der Waals surface area contributed by atoms with Crippen LogP contribution in [0.2, 0.25) is 0 Å². The van der Waals surface area contributed by atoms with Crippen molar-refractivity contribution in [2.24, 2.45) is 0 Å². The van der Waals surface area contributed by atoms with Crippen molar-refractivity contribution in [3.8, 4) is 0 Å². The highest BCUT2D eigenvalue weighted by molar-refractivity contribution is 8.13. The van der Waals surface area contributed by atoms with Gasteiger partial charge in [0.05, 0.1) is 5.88 Å². The first kappa shape index (κ1) is 7.98. The van der Waals surface area contributed by atoms with E-state index in [0.29, 0.717) is 0 Å². The Hall–Kier alpha value is -0.0200. The molecule has 0 aromatic rings. The molecule has 0 heterocycles. The molecule has 0 aliphatic carbocycles. The molecule has 0 aliphatic heterocycles. The standard InChI is InChI=1S/C5H11NOS/c1-5(7)8-4-6(2)3/h4H2,1-3H3. The highest BCUT2D eigenvalue weighted by atomic mass is 32.2. The molecule has 2 nitrogen and oxygen atoms in total. The average Bonchev–Trinajstić information content (AvgIpc) is 1.61. The molecule has 0 saturated heterocycles. The summed E-state index contributed by atoms with van der Waals surface area (Å²) in [6.07, 6.45) is 0. The van der Waals surface area contributed by atoms with Crippen LogP contribution in [0, 0.1) is 0 Å². The van der Waals surface area contributed by atoms with Gasteiger partial charge < -0.3 is 0 Å². The van der Waals surface area contributed by atoms with E-state index in [-0.39, 0.29) is 5.12 Å². The third kappa shape index (κ3) is 5.98. The van der Waals surface area contributed by atoms with E-state index in [4.69, 9.17) is 0 Å². The number of carbonyl (C=O) groups excluding carboxylic acids is 1. The fourth-order valence-electron chi connectivity index (χ4n) is 0.220. The predicted octanol–water partition coefficient (Wildman–Crippen LogP) is 0.785. The summed E-state index contributed by atoms with van der Waals surface area (Å²) in [5.74, 6) is 0.787. The number of hydrogen-bond donors (Lipinski definition) is 0. The number of thioether (sulfide) groups is 1. The first-order valence-corrected chi connectivity index (χ1v) is 3.39. The van der Waals surface area contributed by atoms with Gasteiger partial charge in [-0.25, -0.2) is 0 Å². The van der Waals surface area contributed by atoms with Crippen LogP contribution in [0.5, 0.6) is 0 Å². The van der Waals surface area contributed by atoms with Gasteiger partial charge in [0.2, 0.25) is 0 Å². The molecule has 0 amide bonds. The Morgan fingerprint density at radius 1 is 1.62 bits per heavy atom. The molecule has 0 N–H and O–H groups in total. The third-order valence-corrected chi connectivity index (χ3v) is 1.58. The maximum atomic E-state index is 10.3. The second-order valence-electron chi connectivity index (χ2n) is 1.84. The van der Waals surface area contributed by atoms with Gasteiger partial charge in [-0.3, -0.25) is 9.69 Å². The fourth-order valence-corrected chi connectivity index (χ4v) is 0.660. The van der Waals surface area contributed by atoms with E-state index in [1.807, 2.05) is 19.0 Å². The number of rotatable bonds is 2. The van der Waals surface area contributed by atoms with E-state index in [0.717, 1.165) is 5.88 Å². The van der Waals surface area contributed by atoms with Crippen molar-refractivity contribution in [3.05, 3.63) is 0 Å². The molecule has 3 heteroatoms. The van der Waals surface area contributed by atoms with E-state index in [1.54, 1.807) is 6.92 Å². The van der Waals surface area contributed by atoms with Gasteiger partial charge in [-0.1, -0.05) is 11.8 Å². The summed E-state index contributed by atoms with van der Waals surface area (Å²) < 4.78 is 0. The van der Waals surface area contributed by atoms with Gasteiger partial charge in [0.1, 0.15) is 0 Å². The van der Waals surface area contributed by atoms with Crippen LogP contribution >= 0.6 is 11.8 Å². The van der Waals surface area contributed by atoms with Gasteiger partial charge in [0.15, 0.2) is 5.12 Å². The second kappa shape index (κ2) is 3.92. The predicted molar refractivity (Wildman–Crippen MR) is 36.8 cm³/mol. The van der Waals surface area contributed by atoms with E-state index >= 15 is 0 Å². The maximum Gasteiger partial charge on any atom is 0.187 e. The highest BCUT2D eigenvalue weighted by Gasteiger charge is 1.92. The highest BCUT2D eigenvalue weighted by Crippen LogP contribution is 2.00. The van der Waals surface area contributed by atoms with Gasteiger partial charge in [0.25, 0.3) is 0 Å². The summed E-state index contributed by atoms with van der Waals surface area (Å²) in [6, 6.07) is 0. The molecule has 0 aromatic carbocycles. The Morgan fingerprint density at radius 3 is 2.25 bits per heavy atom. The maximum absolute atomic E-state index is 10.3. The van der Waals surface area contributed by atoms with E-state index in [2.05, 4.69) is 0 Å². The molecule has 0 aliphatic rings. The summed E-state index contributed by atoms with van der Waals surface area (Å²) in [7, 11) is 3.88. The Balaban J connectivity index is 3.05. The van der Waals surface area contributed by atoms with Crippen molar-refractivity contribution in [3.63, 3.8) is 0 Å². The van der Waals surface area contributed by atoms with Crippen LogP contribution in [-0.4, -0.2) is 30.0 Å². The fraction of sp³-hybridized carbons (Fsp3) is 0.800. The zero-order valence-corrected chi connectivity index (χ0v) is 6.29. The summed E-state index contributed by atoms with van der Waals surface area (Å²) in [4.78, 5) is 12.2. The Bertz CT molecular complexity index is 82.5. The lowest BCUT2D eigenvalue weighted by Gasteiger charge is -2.04.